The van der Waals surface area contributed by atoms with Gasteiger partial charge in [-0.3, -0.25) is 0 Å². The lowest BCUT2D eigenvalue weighted by Crippen LogP contribution is -2.33. The van der Waals surface area contributed by atoms with Crippen LogP contribution >= 0.6 is 0 Å². The zero-order chi connectivity index (χ0) is 73.5. The zero-order valence-corrected chi connectivity index (χ0v) is 60.9. The molecule has 2 atom stereocenters. The summed E-state index contributed by atoms with van der Waals surface area (Å²) in [7, 11) is 0. The number of aliphatic hydroxyl groups is 2. The van der Waals surface area contributed by atoms with Crippen LogP contribution in [-0.4, -0.2) is 102 Å². The summed E-state index contributed by atoms with van der Waals surface area (Å²) < 4.78 is 0. The van der Waals surface area contributed by atoms with E-state index in [1.165, 1.54) is 11.1 Å². The highest BCUT2D eigenvalue weighted by molar-refractivity contribution is 5.61. The number of anilines is 4. The number of rotatable bonds is 26. The summed E-state index contributed by atoms with van der Waals surface area (Å²) in [6.07, 6.45) is 11.4. The fraction of sp³-hybridized carbons (Fsp3) is 0.425. The molecule has 0 aliphatic rings. The fourth-order valence-electron chi connectivity index (χ4n) is 10.6. The van der Waals surface area contributed by atoms with Crippen LogP contribution in [0, 0.1) is 67.0 Å². The first-order chi connectivity index (χ1) is 47.5. The van der Waals surface area contributed by atoms with E-state index in [9.17, 15) is 14.7 Å². The van der Waals surface area contributed by atoms with E-state index in [0.29, 0.717) is 26.1 Å². The van der Waals surface area contributed by atoms with Gasteiger partial charge in [0.25, 0.3) is 0 Å². The number of aliphatic hydroxyl groups excluding tert-OH is 2. The maximum absolute atomic E-state index is 10.9. The number of aldehydes is 2. The molecule has 0 bridgehead atoms. The van der Waals surface area contributed by atoms with E-state index < -0.39 is 0 Å². The van der Waals surface area contributed by atoms with Gasteiger partial charge in [0, 0.05) is 109 Å². The van der Waals surface area contributed by atoms with E-state index in [-0.39, 0.29) is 70.0 Å². The molecular weight excluding hydrogens is 1250 g/mol. The number of benzene rings is 4. The minimum absolute atomic E-state index is 0.0731. The van der Waals surface area contributed by atoms with Crippen molar-refractivity contribution in [3.05, 3.63) is 214 Å². The Labute approximate surface area is 593 Å². The second-order valence-corrected chi connectivity index (χ2v) is 29.7. The molecule has 0 amide bonds. The molecule has 2 unspecified atom stereocenters. The molecule has 2 N–H and O–H groups in total. The first kappa shape index (κ1) is 80.3. The number of aromatic nitrogens is 8. The lowest BCUT2D eigenvalue weighted by Gasteiger charge is -2.31. The molecule has 8 aromatic rings. The number of aryl methyl sites for hydroxylation is 2. The molecule has 100 heavy (non-hydrogen) atoms. The highest BCUT2D eigenvalue weighted by Gasteiger charge is 2.24. The molecule has 524 valence electrons. The molecule has 0 saturated carbocycles. The lowest BCUT2D eigenvalue weighted by atomic mass is 9.95. The van der Waals surface area contributed by atoms with Crippen molar-refractivity contribution in [2.24, 2.45) is 21.7 Å². The number of carbonyl (C=O) groups excluding carboxylic acids is 2. The maximum atomic E-state index is 10.9. The third-order valence-corrected chi connectivity index (χ3v) is 15.2. The number of hydrogen-bond acceptors (Lipinski definition) is 20. The molecule has 0 fully saturated rings. The van der Waals surface area contributed by atoms with E-state index in [2.05, 4.69) is 215 Å². The minimum Gasteiger partial charge on any atom is -0.396 e. The van der Waals surface area contributed by atoms with Gasteiger partial charge in [-0.15, -0.1) is 0 Å². The highest BCUT2D eigenvalue weighted by Crippen LogP contribution is 2.28. The van der Waals surface area contributed by atoms with Crippen molar-refractivity contribution in [3.63, 3.8) is 0 Å². The summed E-state index contributed by atoms with van der Waals surface area (Å²) in [4.78, 5) is 63.3. The fourth-order valence-corrected chi connectivity index (χ4v) is 10.6. The Balaban J connectivity index is 0.000000240. The topological polar surface area (TPSA) is 286 Å². The van der Waals surface area contributed by atoms with Crippen molar-refractivity contribution in [2.75, 3.05) is 59.0 Å². The second-order valence-electron chi connectivity index (χ2n) is 29.7. The molecule has 0 radical (unpaired) electrons. The third-order valence-electron chi connectivity index (χ3n) is 15.2. The average molecular weight is 1350 g/mol. The van der Waals surface area contributed by atoms with Gasteiger partial charge >= 0.3 is 0 Å². The molecule has 4 aromatic carbocycles. The number of hydrogen-bond donors (Lipinski definition) is 2. The summed E-state index contributed by atoms with van der Waals surface area (Å²) >= 11 is 0. The van der Waals surface area contributed by atoms with Gasteiger partial charge in [-0.1, -0.05) is 194 Å². The molecule has 4 aromatic heterocycles. The van der Waals surface area contributed by atoms with Crippen LogP contribution in [0.2, 0.25) is 0 Å². The summed E-state index contributed by atoms with van der Waals surface area (Å²) in [5.41, 5.74) is 9.51. The molecule has 20 nitrogen and oxygen atoms in total. The van der Waals surface area contributed by atoms with Crippen molar-refractivity contribution in [1.29, 1.82) is 21.0 Å². The predicted octanol–water partition coefficient (Wildman–Crippen LogP) is 14.1. The Morgan fingerprint density at radius 3 is 0.920 bits per heavy atom. The minimum atomic E-state index is -0.0974. The van der Waals surface area contributed by atoms with Gasteiger partial charge in [-0.25, -0.2) is 39.9 Å². The van der Waals surface area contributed by atoms with Gasteiger partial charge in [0.05, 0.1) is 0 Å². The van der Waals surface area contributed by atoms with Crippen LogP contribution in [0.1, 0.15) is 189 Å². The van der Waals surface area contributed by atoms with Crippen LogP contribution in [0.3, 0.4) is 0 Å². The predicted molar refractivity (Wildman–Crippen MR) is 395 cm³/mol. The molecule has 0 spiro atoms. The molecule has 20 heteroatoms. The Morgan fingerprint density at radius 1 is 0.400 bits per heavy atom. The largest absolute Gasteiger partial charge is 0.396 e. The van der Waals surface area contributed by atoms with Gasteiger partial charge in [-0.05, 0) is 110 Å². The van der Waals surface area contributed by atoms with E-state index in [0.717, 1.165) is 121 Å². The van der Waals surface area contributed by atoms with Gasteiger partial charge in [0.1, 0.15) is 60.1 Å². The van der Waals surface area contributed by atoms with Crippen molar-refractivity contribution in [1.82, 2.24) is 39.9 Å². The Morgan fingerprint density at radius 2 is 0.670 bits per heavy atom. The smallest absolute Gasteiger partial charge is 0.234 e. The van der Waals surface area contributed by atoms with Gasteiger partial charge < -0.3 is 39.4 Å². The Kier molecular flexibility index (Phi) is 31.5. The molecular formula is C80H100N16O4. The lowest BCUT2D eigenvalue weighted by molar-refractivity contribution is -0.109. The summed E-state index contributed by atoms with van der Waals surface area (Å²) in [6.45, 7) is 36.4. The van der Waals surface area contributed by atoms with Gasteiger partial charge in [-0.2, -0.15) is 21.0 Å². The maximum Gasteiger partial charge on any atom is 0.234 e. The van der Waals surface area contributed by atoms with Crippen molar-refractivity contribution in [2.45, 2.75) is 161 Å². The monoisotopic (exact) mass is 1350 g/mol. The van der Waals surface area contributed by atoms with E-state index in [1.54, 1.807) is 24.8 Å². The highest BCUT2D eigenvalue weighted by atomic mass is 16.3. The first-order valence-electron chi connectivity index (χ1n) is 33.8. The SMILES string of the molecule is CC(C)(C)CN(Cc1ccc(CCC=O)cc1)c1ccnc(C#N)n1.CC(C)(C)CN(Cc1ccc(CCCO)cc1)c1ccnc(C#N)n1.CC(C=O)c1ccc(CN(CC(C)(C)C)c2ccnc(C#N)n2)cc1.CC(CO)c1ccc(CN(CC(C)(C)C)c2ccnc(C#N)n2)cc1. The van der Waals surface area contributed by atoms with E-state index >= 15 is 0 Å². The summed E-state index contributed by atoms with van der Waals surface area (Å²) in [5.74, 6) is 3.80. The Bertz CT molecular complexity index is 3980. The normalized spacial score (nSPS) is 11.7. The molecule has 4 heterocycles. The summed E-state index contributed by atoms with van der Waals surface area (Å²) in [5, 5.41) is 54.4. The van der Waals surface area contributed by atoms with Crippen molar-refractivity contribution >= 4 is 35.8 Å². The van der Waals surface area contributed by atoms with Crippen LogP contribution in [0.4, 0.5) is 23.3 Å². The number of nitriles is 4. The van der Waals surface area contributed by atoms with Gasteiger partial charge in [0.15, 0.2) is 0 Å². The van der Waals surface area contributed by atoms with Crippen LogP contribution in [-0.2, 0) is 48.6 Å². The van der Waals surface area contributed by atoms with E-state index in [4.69, 9.17) is 26.2 Å². The molecule has 0 aliphatic heterocycles. The van der Waals surface area contributed by atoms with Gasteiger partial charge in [0.2, 0.25) is 23.3 Å². The first-order valence-corrected chi connectivity index (χ1v) is 33.8. The second kappa shape index (κ2) is 39.3. The standard InChI is InChI=1S/C20H26N4O.C20H24N4O.C20H26N4O.C20H24N4O/c2*1-15(13-25)17-7-5-16(6-8-17)12-24(14-20(2,3)4)19-9-10-22-18(11-21)23-19;2*1-20(2,3)15-24(19-10-11-22-18(13-21)23-19)14-17-8-6-16(7-9-17)5-4-12-25/h5-10,15,25H,12-14H2,1-4H3;5-10,13,15H,12,14H2,1-4H3;6-11,25H,4-5,12,14-15H2,1-3H3;6-12H,4-5,14-15H2,1-3H3. The Hall–Kier alpha value is -10.4. The molecule has 0 aliphatic carbocycles. The van der Waals surface area contributed by atoms with E-state index in [1.807, 2.05) is 86.7 Å². The number of carbonyl (C=O) groups is 2. The van der Waals surface area contributed by atoms with Crippen LogP contribution in [0.25, 0.3) is 0 Å². The summed E-state index contributed by atoms with van der Waals surface area (Å²) in [6, 6.07) is 48.5. The van der Waals surface area contributed by atoms with Crippen molar-refractivity contribution in [3.8, 4) is 24.3 Å². The molecule has 8 rings (SSSR count). The average Bonchev–Trinajstić information content (AvgIpc) is 0.859. The number of nitrogens with zero attached hydrogens (tertiary/aromatic N) is 16. The van der Waals surface area contributed by atoms with Crippen LogP contribution in [0.15, 0.2) is 146 Å². The zero-order valence-electron chi connectivity index (χ0n) is 60.9. The van der Waals surface area contributed by atoms with Crippen molar-refractivity contribution < 1.29 is 19.8 Å². The molecule has 0 saturated heterocycles. The third kappa shape index (κ3) is 29.4. The quantitative estimate of drug-likeness (QED) is 0.0476. The van der Waals surface area contributed by atoms with Crippen LogP contribution < -0.4 is 19.6 Å². The van der Waals surface area contributed by atoms with Crippen LogP contribution in [0.5, 0.6) is 0 Å².